The largest absolute Gasteiger partial charge is 0.246 e. The average Bonchev–Trinajstić information content (AvgIpc) is 2.25. The second-order valence-electron chi connectivity index (χ2n) is 3.01. The van der Waals surface area contributed by atoms with Gasteiger partial charge in [0.05, 0.1) is 11.4 Å². The summed E-state index contributed by atoms with van der Waals surface area (Å²) in [5.74, 6) is 0. The zero-order valence-electron chi connectivity index (χ0n) is 8.17. The molecule has 2 N–H and O–H groups in total. The molecule has 0 amide bonds. The van der Waals surface area contributed by atoms with E-state index in [1.165, 1.54) is 12.1 Å². The lowest BCUT2D eigenvalue weighted by Crippen LogP contribution is -2.14. The van der Waals surface area contributed by atoms with E-state index in [0.29, 0.717) is 0 Å². The van der Waals surface area contributed by atoms with Gasteiger partial charge in [-0.1, -0.05) is 17.2 Å². The van der Waals surface area contributed by atoms with Crippen LogP contribution in [0.1, 0.15) is 11.1 Å². The van der Waals surface area contributed by atoms with E-state index in [2.05, 4.69) is 10.0 Å². The summed E-state index contributed by atoms with van der Waals surface area (Å²) in [7, 11) is -3.95. The van der Waals surface area contributed by atoms with Crippen LogP contribution in [0.2, 0.25) is 0 Å². The van der Waals surface area contributed by atoms with Crippen LogP contribution in [-0.2, 0) is 23.2 Å². The molecule has 1 aromatic rings. The second-order valence-corrected chi connectivity index (χ2v) is 4.54. The second kappa shape index (κ2) is 4.93. The van der Waals surface area contributed by atoms with Gasteiger partial charge in [-0.05, 0) is 22.7 Å². The Hall–Kier alpha value is -1.63. The molecule has 1 aromatic carbocycles. The van der Waals surface area contributed by atoms with Crippen molar-refractivity contribution >= 4 is 10.0 Å². The predicted octanol–water partition coefficient (Wildman–Crippen LogP) is 1.61. The maximum Gasteiger partial charge on any atom is 0.238 e. The van der Waals surface area contributed by atoms with Crippen molar-refractivity contribution in [3.05, 3.63) is 39.8 Å². The third-order valence-electron chi connectivity index (χ3n) is 1.90. The maximum atomic E-state index is 12.4. The van der Waals surface area contributed by atoms with Crippen LogP contribution in [0.25, 0.3) is 10.4 Å². The summed E-state index contributed by atoms with van der Waals surface area (Å²) in [5, 5.41) is 8.21. The highest BCUT2D eigenvalue weighted by molar-refractivity contribution is 7.89. The number of nitrogens with zero attached hydrogens (tertiary/aromatic N) is 3. The molecule has 0 aliphatic rings. The minimum Gasteiger partial charge on any atom is -0.246 e. The van der Waals surface area contributed by atoms with Gasteiger partial charge in [-0.15, -0.1) is 0 Å². The highest BCUT2D eigenvalue weighted by Crippen LogP contribution is 2.18. The zero-order valence-corrected chi connectivity index (χ0v) is 8.98. The molecular weight excluding hydrogens is 235 g/mol. The number of alkyl halides is 1. The van der Waals surface area contributed by atoms with Gasteiger partial charge in [0.25, 0.3) is 0 Å². The van der Waals surface area contributed by atoms with Crippen LogP contribution in [-0.4, -0.2) is 8.42 Å². The minimum absolute atomic E-state index is 0.144. The number of benzene rings is 1. The number of nitrogens with two attached hydrogens (primary N) is 1. The van der Waals surface area contributed by atoms with Gasteiger partial charge in [-0.2, -0.15) is 0 Å². The van der Waals surface area contributed by atoms with Crippen molar-refractivity contribution in [3.63, 3.8) is 0 Å². The normalized spacial score (nSPS) is 10.9. The van der Waals surface area contributed by atoms with Crippen molar-refractivity contribution in [2.75, 3.05) is 0 Å². The first-order valence-corrected chi connectivity index (χ1v) is 5.75. The number of hydrogen-bond donors (Lipinski definition) is 1. The number of sulfonamides is 1. The van der Waals surface area contributed by atoms with Crippen LogP contribution in [0.4, 0.5) is 4.39 Å². The van der Waals surface area contributed by atoms with Crippen molar-refractivity contribution in [2.45, 2.75) is 18.1 Å². The molecule has 6 nitrogen and oxygen atoms in total. The van der Waals surface area contributed by atoms with Gasteiger partial charge in [-0.25, -0.2) is 17.9 Å². The summed E-state index contributed by atoms with van der Waals surface area (Å²) in [4.78, 5) is 2.30. The van der Waals surface area contributed by atoms with E-state index in [9.17, 15) is 12.8 Å². The molecule has 16 heavy (non-hydrogen) atoms. The molecule has 0 aliphatic carbocycles. The molecule has 0 fully saturated rings. The van der Waals surface area contributed by atoms with Crippen LogP contribution in [0, 0.1) is 0 Å². The van der Waals surface area contributed by atoms with Gasteiger partial charge >= 0.3 is 0 Å². The molecule has 0 bridgehead atoms. The summed E-state index contributed by atoms with van der Waals surface area (Å²) >= 11 is 0. The van der Waals surface area contributed by atoms with E-state index in [-0.39, 0.29) is 22.6 Å². The van der Waals surface area contributed by atoms with Crippen molar-refractivity contribution in [1.82, 2.24) is 0 Å². The molecule has 0 saturated carbocycles. The van der Waals surface area contributed by atoms with Crippen molar-refractivity contribution < 1.29 is 12.8 Å². The molecule has 0 atom stereocenters. The molecule has 1 rings (SSSR count). The highest BCUT2D eigenvalue weighted by Gasteiger charge is 2.14. The Morgan fingerprint density at radius 1 is 1.50 bits per heavy atom. The van der Waals surface area contributed by atoms with E-state index >= 15 is 0 Å². The first-order valence-electron chi connectivity index (χ1n) is 4.20. The average molecular weight is 244 g/mol. The number of azide groups is 1. The van der Waals surface area contributed by atoms with Gasteiger partial charge in [0, 0.05) is 4.91 Å². The van der Waals surface area contributed by atoms with E-state index in [1.807, 2.05) is 0 Å². The number of halogens is 1. The summed E-state index contributed by atoms with van der Waals surface area (Å²) < 4.78 is 34.8. The summed E-state index contributed by atoms with van der Waals surface area (Å²) in [6.45, 7) is -0.931. The van der Waals surface area contributed by atoms with Crippen molar-refractivity contribution in [1.29, 1.82) is 0 Å². The van der Waals surface area contributed by atoms with Crippen molar-refractivity contribution in [2.24, 2.45) is 10.3 Å². The smallest absolute Gasteiger partial charge is 0.238 e. The van der Waals surface area contributed by atoms with E-state index in [1.54, 1.807) is 0 Å². The Morgan fingerprint density at radius 2 is 2.19 bits per heavy atom. The molecule has 0 saturated heterocycles. The lowest BCUT2D eigenvalue weighted by molar-refractivity contribution is 0.484. The Labute approximate surface area is 91.6 Å². The SMILES string of the molecule is [N-]=[N+]=NCc1ccc(CF)cc1S(N)(=O)=O. The van der Waals surface area contributed by atoms with Gasteiger partial charge in [0.1, 0.15) is 6.67 Å². The Balaban J connectivity index is 3.32. The molecule has 0 radical (unpaired) electrons. The molecular formula is C8H9FN4O2S. The van der Waals surface area contributed by atoms with Gasteiger partial charge in [0.15, 0.2) is 0 Å². The van der Waals surface area contributed by atoms with Crippen LogP contribution in [0.5, 0.6) is 0 Å². The summed E-state index contributed by atoms with van der Waals surface area (Å²) in [6, 6.07) is 3.93. The molecule has 0 heterocycles. The topological polar surface area (TPSA) is 109 Å². The molecule has 0 unspecified atom stereocenters. The number of rotatable bonds is 4. The van der Waals surface area contributed by atoms with Crippen LogP contribution in [0.15, 0.2) is 28.2 Å². The molecule has 0 spiro atoms. The maximum absolute atomic E-state index is 12.4. The monoisotopic (exact) mass is 244 g/mol. The first-order chi connectivity index (χ1) is 7.49. The van der Waals surface area contributed by atoms with Gasteiger partial charge in [0.2, 0.25) is 10.0 Å². The standard InChI is InChI=1S/C8H9FN4O2S/c9-4-6-1-2-7(5-12-13-10)8(3-6)16(11,14)15/h1-3H,4-5H2,(H2,11,14,15). The van der Waals surface area contributed by atoms with Crippen molar-refractivity contribution in [3.8, 4) is 0 Å². The fourth-order valence-electron chi connectivity index (χ4n) is 1.19. The molecule has 86 valence electrons. The number of hydrogen-bond acceptors (Lipinski definition) is 3. The van der Waals surface area contributed by atoms with E-state index in [0.717, 1.165) is 6.07 Å². The number of primary sulfonamides is 1. The minimum atomic E-state index is -3.95. The van der Waals surface area contributed by atoms with Crippen LogP contribution < -0.4 is 5.14 Å². The highest BCUT2D eigenvalue weighted by atomic mass is 32.2. The van der Waals surface area contributed by atoms with Crippen LogP contribution in [0.3, 0.4) is 0 Å². The summed E-state index contributed by atoms with van der Waals surface area (Å²) in [6.07, 6.45) is 0. The van der Waals surface area contributed by atoms with Gasteiger partial charge < -0.3 is 0 Å². The molecule has 0 aliphatic heterocycles. The molecule has 0 aromatic heterocycles. The third kappa shape index (κ3) is 2.93. The third-order valence-corrected chi connectivity index (χ3v) is 2.89. The fraction of sp³-hybridized carbons (Fsp3) is 0.250. The predicted molar refractivity (Wildman–Crippen MR) is 55.5 cm³/mol. The zero-order chi connectivity index (χ0) is 12.2. The summed E-state index contributed by atoms with van der Waals surface area (Å²) in [5.41, 5.74) is 8.59. The Bertz CT molecular complexity index is 537. The Kier molecular flexibility index (Phi) is 3.83. The lowest BCUT2D eigenvalue weighted by Gasteiger charge is -2.06. The lowest BCUT2D eigenvalue weighted by atomic mass is 10.1. The molecule has 8 heteroatoms. The quantitative estimate of drug-likeness (QED) is 0.493. The first kappa shape index (κ1) is 12.4. The Morgan fingerprint density at radius 3 is 2.69 bits per heavy atom. The van der Waals surface area contributed by atoms with Crippen LogP contribution >= 0.6 is 0 Å². The van der Waals surface area contributed by atoms with E-state index in [4.69, 9.17) is 10.7 Å². The van der Waals surface area contributed by atoms with E-state index < -0.39 is 16.7 Å². The van der Waals surface area contributed by atoms with Gasteiger partial charge in [-0.3, -0.25) is 0 Å². The fourth-order valence-corrected chi connectivity index (χ4v) is 2.00.